The van der Waals surface area contributed by atoms with E-state index in [2.05, 4.69) is 10.2 Å². The van der Waals surface area contributed by atoms with Crippen LogP contribution in [0.4, 0.5) is 0 Å². The van der Waals surface area contributed by atoms with E-state index in [0.717, 1.165) is 12.8 Å². The molecule has 1 aromatic rings. The Morgan fingerprint density at radius 1 is 1.39 bits per heavy atom. The van der Waals surface area contributed by atoms with Crippen LogP contribution >= 0.6 is 0 Å². The summed E-state index contributed by atoms with van der Waals surface area (Å²) in [5, 5.41) is 6.18. The van der Waals surface area contributed by atoms with Crippen molar-refractivity contribution in [2.45, 2.75) is 42.1 Å². The number of carbonyl (C=O) groups is 2. The number of hydrogen-bond acceptors (Lipinski definition) is 5. The molecule has 1 aliphatic heterocycles. The zero-order chi connectivity index (χ0) is 16.4. The van der Waals surface area contributed by atoms with Crippen LogP contribution in [0, 0.1) is 0 Å². The standard InChI is InChI=1S/C14H18N4O4S/c15-12(19)10-9-3-6-18(13(20)11(9)17-16-10)7-14(4-5-14)23(21,22)8-1-2-8/h8H,1-7H2,(H2,15,19)(H,16,17). The molecule has 0 saturated heterocycles. The molecule has 1 aromatic heterocycles. The third-order valence-electron chi connectivity index (χ3n) is 5.09. The second-order valence-corrected chi connectivity index (χ2v) is 9.32. The largest absolute Gasteiger partial charge is 0.364 e. The van der Waals surface area contributed by atoms with Gasteiger partial charge >= 0.3 is 0 Å². The Morgan fingerprint density at radius 3 is 2.65 bits per heavy atom. The zero-order valence-corrected chi connectivity index (χ0v) is 13.4. The Morgan fingerprint density at radius 2 is 2.09 bits per heavy atom. The predicted octanol–water partition coefficient (Wildman–Crippen LogP) is -0.383. The first kappa shape index (κ1) is 14.7. The number of hydrogen-bond donors (Lipinski definition) is 2. The van der Waals surface area contributed by atoms with Crippen LogP contribution in [0.2, 0.25) is 0 Å². The lowest BCUT2D eigenvalue weighted by molar-refractivity contribution is 0.0730. The highest BCUT2D eigenvalue weighted by molar-refractivity contribution is 7.94. The normalized spacial score (nSPS) is 22.8. The molecule has 3 aliphatic rings. The molecule has 4 rings (SSSR count). The van der Waals surface area contributed by atoms with Crippen LogP contribution in [0.5, 0.6) is 0 Å². The highest BCUT2D eigenvalue weighted by Gasteiger charge is 2.60. The second-order valence-electron chi connectivity index (χ2n) is 6.69. The number of nitrogens with two attached hydrogens (primary N) is 1. The van der Waals surface area contributed by atoms with Gasteiger partial charge in [-0.25, -0.2) is 8.42 Å². The first-order chi connectivity index (χ1) is 10.9. The van der Waals surface area contributed by atoms with E-state index < -0.39 is 20.5 Å². The van der Waals surface area contributed by atoms with Crippen molar-refractivity contribution in [1.82, 2.24) is 15.1 Å². The van der Waals surface area contributed by atoms with E-state index in [4.69, 9.17) is 5.73 Å². The maximum Gasteiger partial charge on any atom is 0.272 e. The summed E-state index contributed by atoms with van der Waals surface area (Å²) in [6.45, 7) is 0.614. The summed E-state index contributed by atoms with van der Waals surface area (Å²) in [5.74, 6) is -0.970. The van der Waals surface area contributed by atoms with E-state index in [9.17, 15) is 18.0 Å². The van der Waals surface area contributed by atoms with Crippen LogP contribution in [0.25, 0.3) is 0 Å². The molecule has 23 heavy (non-hydrogen) atoms. The van der Waals surface area contributed by atoms with Gasteiger partial charge in [0.15, 0.2) is 15.5 Å². The third kappa shape index (κ3) is 2.09. The Hall–Kier alpha value is -1.90. The van der Waals surface area contributed by atoms with Crippen molar-refractivity contribution in [1.29, 1.82) is 0 Å². The lowest BCUT2D eigenvalue weighted by Crippen LogP contribution is -2.46. The van der Waals surface area contributed by atoms with Crippen molar-refractivity contribution < 1.29 is 18.0 Å². The van der Waals surface area contributed by atoms with Crippen molar-refractivity contribution in [2.75, 3.05) is 13.1 Å². The van der Waals surface area contributed by atoms with Gasteiger partial charge in [-0.05, 0) is 32.1 Å². The van der Waals surface area contributed by atoms with Crippen molar-refractivity contribution in [3.63, 3.8) is 0 Å². The van der Waals surface area contributed by atoms with Crippen LogP contribution in [0.1, 0.15) is 52.2 Å². The lowest BCUT2D eigenvalue weighted by Gasteiger charge is -2.30. The number of sulfone groups is 1. The number of nitrogens with one attached hydrogen (secondary N) is 1. The maximum absolute atomic E-state index is 12.6. The van der Waals surface area contributed by atoms with Gasteiger partial charge in [-0.1, -0.05) is 0 Å². The van der Waals surface area contributed by atoms with E-state index in [1.54, 1.807) is 4.90 Å². The highest BCUT2D eigenvalue weighted by atomic mass is 32.2. The Balaban J connectivity index is 1.58. The smallest absolute Gasteiger partial charge is 0.272 e. The van der Waals surface area contributed by atoms with E-state index >= 15 is 0 Å². The lowest BCUT2D eigenvalue weighted by atomic mass is 10.0. The van der Waals surface area contributed by atoms with Crippen LogP contribution in [0.3, 0.4) is 0 Å². The van der Waals surface area contributed by atoms with Gasteiger partial charge in [0, 0.05) is 18.7 Å². The molecule has 0 bridgehead atoms. The molecule has 0 spiro atoms. The summed E-state index contributed by atoms with van der Waals surface area (Å²) in [6.07, 6.45) is 3.18. The molecule has 0 aromatic carbocycles. The first-order valence-corrected chi connectivity index (χ1v) is 9.30. The molecule has 0 unspecified atom stereocenters. The van der Waals surface area contributed by atoms with Crippen molar-refractivity contribution >= 4 is 21.7 Å². The number of carbonyl (C=O) groups excluding carboxylic acids is 2. The summed E-state index contributed by atoms with van der Waals surface area (Å²) in [4.78, 5) is 25.5. The minimum atomic E-state index is -3.16. The monoisotopic (exact) mass is 338 g/mol. The average molecular weight is 338 g/mol. The number of aromatic amines is 1. The summed E-state index contributed by atoms with van der Waals surface area (Å²) in [5.41, 5.74) is 6.13. The van der Waals surface area contributed by atoms with Gasteiger partial charge in [-0.3, -0.25) is 14.7 Å². The van der Waals surface area contributed by atoms with E-state index in [0.29, 0.717) is 31.4 Å². The highest BCUT2D eigenvalue weighted by Crippen LogP contribution is 2.50. The molecular weight excluding hydrogens is 320 g/mol. The fourth-order valence-electron chi connectivity index (χ4n) is 3.40. The van der Waals surface area contributed by atoms with Gasteiger partial charge in [0.05, 0.1) is 10.00 Å². The number of fused-ring (bicyclic) bond motifs is 1. The summed E-state index contributed by atoms with van der Waals surface area (Å²) >= 11 is 0. The summed E-state index contributed by atoms with van der Waals surface area (Å²) in [7, 11) is -3.16. The molecule has 0 atom stereocenters. The fraction of sp³-hybridized carbons (Fsp3) is 0.643. The Bertz CT molecular complexity index is 805. The number of aromatic nitrogens is 2. The molecule has 2 amide bonds. The molecule has 2 fully saturated rings. The molecule has 2 heterocycles. The molecule has 3 N–H and O–H groups in total. The molecule has 9 heteroatoms. The Labute approximate surface area is 133 Å². The van der Waals surface area contributed by atoms with Crippen LogP contribution < -0.4 is 5.73 Å². The van der Waals surface area contributed by atoms with Gasteiger partial charge in [0.2, 0.25) is 0 Å². The number of H-pyrrole nitrogens is 1. The number of nitrogens with zero attached hydrogens (tertiary/aromatic N) is 2. The number of primary amides is 1. The van der Waals surface area contributed by atoms with Crippen molar-refractivity contribution in [3.05, 3.63) is 17.0 Å². The molecule has 124 valence electrons. The van der Waals surface area contributed by atoms with Crippen molar-refractivity contribution in [2.24, 2.45) is 5.73 Å². The third-order valence-corrected chi connectivity index (χ3v) is 8.18. The van der Waals surface area contributed by atoms with Gasteiger partial charge in [-0.2, -0.15) is 5.10 Å². The number of rotatable bonds is 5. The van der Waals surface area contributed by atoms with Crippen LogP contribution in [0.15, 0.2) is 0 Å². The van der Waals surface area contributed by atoms with Gasteiger partial charge in [-0.15, -0.1) is 0 Å². The minimum Gasteiger partial charge on any atom is -0.364 e. The second kappa shape index (κ2) is 4.56. The van der Waals surface area contributed by atoms with E-state index in [1.165, 1.54) is 0 Å². The zero-order valence-electron chi connectivity index (χ0n) is 12.5. The number of amides is 2. The fourth-order valence-corrected chi connectivity index (χ4v) is 5.87. The van der Waals surface area contributed by atoms with E-state index in [1.807, 2.05) is 0 Å². The summed E-state index contributed by atoms with van der Waals surface area (Å²) < 4.78 is 24.4. The van der Waals surface area contributed by atoms with Crippen LogP contribution in [-0.4, -0.2) is 58.4 Å². The maximum atomic E-state index is 12.6. The van der Waals surface area contributed by atoms with Gasteiger partial charge in [0.25, 0.3) is 11.8 Å². The SMILES string of the molecule is NC(=O)c1n[nH]c2c1CCN(CC1(S(=O)(=O)C3CC3)CC1)C2=O. The summed E-state index contributed by atoms with van der Waals surface area (Å²) in [6, 6.07) is 0. The average Bonchev–Trinajstić information content (AvgIpc) is 3.39. The van der Waals surface area contributed by atoms with E-state index in [-0.39, 0.29) is 29.1 Å². The molecular formula is C14H18N4O4S. The minimum absolute atomic E-state index is 0.0970. The van der Waals surface area contributed by atoms with Crippen LogP contribution in [-0.2, 0) is 16.3 Å². The van der Waals surface area contributed by atoms with Gasteiger partial charge < -0.3 is 10.6 Å². The first-order valence-electron chi connectivity index (χ1n) is 7.75. The van der Waals surface area contributed by atoms with Crippen molar-refractivity contribution in [3.8, 4) is 0 Å². The molecule has 2 saturated carbocycles. The Kier molecular flexibility index (Phi) is 2.91. The topological polar surface area (TPSA) is 126 Å². The predicted molar refractivity (Wildman–Crippen MR) is 80.6 cm³/mol. The molecule has 2 aliphatic carbocycles. The quantitative estimate of drug-likeness (QED) is 0.756. The molecule has 0 radical (unpaired) electrons. The van der Waals surface area contributed by atoms with Gasteiger partial charge in [0.1, 0.15) is 5.69 Å². The molecule has 8 nitrogen and oxygen atoms in total.